The third-order valence-electron chi connectivity index (χ3n) is 4.30. The van der Waals surface area contributed by atoms with Crippen molar-refractivity contribution in [2.24, 2.45) is 0 Å². The molecule has 8 heteroatoms. The van der Waals surface area contributed by atoms with E-state index in [9.17, 15) is 18.0 Å². The average molecular weight is 388 g/mol. The first-order valence-electron chi connectivity index (χ1n) is 8.43. The Hall–Kier alpha value is -2.87. The summed E-state index contributed by atoms with van der Waals surface area (Å²) in [6, 6.07) is 13.2. The van der Waals surface area contributed by atoms with Crippen LogP contribution in [0.5, 0.6) is 5.75 Å². The summed E-state index contributed by atoms with van der Waals surface area (Å²) in [6.45, 7) is 1.73. The summed E-state index contributed by atoms with van der Waals surface area (Å²) in [5, 5.41) is 1.60. The summed E-state index contributed by atoms with van der Waals surface area (Å²) in [7, 11) is -2.18. The number of sulfone groups is 1. The van der Waals surface area contributed by atoms with Gasteiger partial charge in [0.15, 0.2) is 15.2 Å². The third kappa shape index (κ3) is 3.80. The molecular weight excluding hydrogens is 368 g/mol. The van der Waals surface area contributed by atoms with E-state index in [1.54, 1.807) is 55.5 Å². The Morgan fingerprint density at radius 3 is 2.56 bits per heavy atom. The lowest BCUT2D eigenvalue weighted by atomic mass is 10.1. The molecule has 0 radical (unpaired) electrons. The second kappa shape index (κ2) is 7.40. The van der Waals surface area contributed by atoms with Crippen LogP contribution in [0.3, 0.4) is 0 Å². The zero-order valence-corrected chi connectivity index (χ0v) is 15.8. The standard InChI is InChI=1S/C19H20N2O5S/c1-3-17(22)20-14-5-4-6-15(11-14)21-18(23)12-27(24,25)19(21)13-7-9-16(26-2)10-8-13/h4-11,19H,3,12H2,1-2H3,(H,20,22). The summed E-state index contributed by atoms with van der Waals surface area (Å²) in [6.07, 6.45) is 0.315. The fourth-order valence-corrected chi connectivity index (χ4v) is 4.77. The van der Waals surface area contributed by atoms with E-state index in [0.717, 1.165) is 0 Å². The molecule has 27 heavy (non-hydrogen) atoms. The number of methoxy groups -OCH3 is 1. The van der Waals surface area contributed by atoms with Gasteiger partial charge in [-0.05, 0) is 35.9 Å². The SMILES string of the molecule is CCC(=O)Nc1cccc(N2C(=O)CS(=O)(=O)C2c2ccc(OC)cc2)c1. The Morgan fingerprint density at radius 2 is 1.93 bits per heavy atom. The summed E-state index contributed by atoms with van der Waals surface area (Å²) in [4.78, 5) is 25.4. The van der Waals surface area contributed by atoms with E-state index in [1.165, 1.54) is 12.0 Å². The van der Waals surface area contributed by atoms with E-state index >= 15 is 0 Å². The zero-order chi connectivity index (χ0) is 19.6. The molecule has 3 rings (SSSR count). The van der Waals surface area contributed by atoms with Crippen molar-refractivity contribution in [1.29, 1.82) is 0 Å². The molecular formula is C19H20N2O5S. The predicted octanol–water partition coefficient (Wildman–Crippen LogP) is 2.50. The molecule has 1 N–H and O–H groups in total. The monoisotopic (exact) mass is 388 g/mol. The molecule has 1 unspecified atom stereocenters. The molecule has 2 aromatic carbocycles. The van der Waals surface area contributed by atoms with E-state index in [4.69, 9.17) is 4.74 Å². The van der Waals surface area contributed by atoms with Gasteiger partial charge in [0, 0.05) is 17.8 Å². The molecule has 0 spiro atoms. The zero-order valence-electron chi connectivity index (χ0n) is 15.0. The van der Waals surface area contributed by atoms with Gasteiger partial charge in [0.05, 0.1) is 7.11 Å². The minimum absolute atomic E-state index is 0.167. The number of hydrogen-bond acceptors (Lipinski definition) is 5. The van der Waals surface area contributed by atoms with Gasteiger partial charge in [0.1, 0.15) is 11.5 Å². The molecule has 7 nitrogen and oxygen atoms in total. The summed E-state index contributed by atoms with van der Waals surface area (Å²) in [5.74, 6) is -0.639. The third-order valence-corrected chi connectivity index (χ3v) is 6.11. The van der Waals surface area contributed by atoms with Gasteiger partial charge in [-0.3, -0.25) is 14.5 Å². The maximum Gasteiger partial charge on any atom is 0.243 e. The Kier molecular flexibility index (Phi) is 5.18. The van der Waals surface area contributed by atoms with Crippen LogP contribution in [0.25, 0.3) is 0 Å². The van der Waals surface area contributed by atoms with Gasteiger partial charge in [0.25, 0.3) is 0 Å². The minimum Gasteiger partial charge on any atom is -0.497 e. The van der Waals surface area contributed by atoms with Crippen molar-refractivity contribution in [1.82, 2.24) is 0 Å². The van der Waals surface area contributed by atoms with Gasteiger partial charge in [-0.1, -0.05) is 25.1 Å². The average Bonchev–Trinajstić information content (AvgIpc) is 2.90. The molecule has 1 heterocycles. The van der Waals surface area contributed by atoms with E-state index in [-0.39, 0.29) is 5.91 Å². The number of benzene rings is 2. The predicted molar refractivity (Wildman–Crippen MR) is 102 cm³/mol. The number of hydrogen-bond donors (Lipinski definition) is 1. The molecule has 0 bridgehead atoms. The first-order valence-corrected chi connectivity index (χ1v) is 10.1. The fraction of sp³-hybridized carbons (Fsp3) is 0.263. The van der Waals surface area contributed by atoms with Crippen molar-refractivity contribution in [3.63, 3.8) is 0 Å². The first-order chi connectivity index (χ1) is 12.9. The second-order valence-electron chi connectivity index (χ2n) is 6.15. The summed E-state index contributed by atoms with van der Waals surface area (Å²) < 4.78 is 30.4. The summed E-state index contributed by atoms with van der Waals surface area (Å²) in [5.41, 5.74) is 1.39. The van der Waals surface area contributed by atoms with Crippen LogP contribution in [-0.4, -0.2) is 33.1 Å². The van der Waals surface area contributed by atoms with Crippen molar-refractivity contribution in [2.45, 2.75) is 18.7 Å². The van der Waals surface area contributed by atoms with Crippen molar-refractivity contribution in [3.05, 3.63) is 54.1 Å². The van der Waals surface area contributed by atoms with Gasteiger partial charge in [-0.15, -0.1) is 0 Å². The van der Waals surface area contributed by atoms with E-state index in [0.29, 0.717) is 29.1 Å². The van der Waals surface area contributed by atoms with Crippen LogP contribution >= 0.6 is 0 Å². The van der Waals surface area contributed by atoms with Crippen LogP contribution in [0.15, 0.2) is 48.5 Å². The lowest BCUT2D eigenvalue weighted by molar-refractivity contribution is -0.116. The highest BCUT2D eigenvalue weighted by Gasteiger charge is 2.45. The van der Waals surface area contributed by atoms with E-state index < -0.39 is 26.9 Å². The molecule has 2 aromatic rings. The van der Waals surface area contributed by atoms with Crippen LogP contribution in [0.2, 0.25) is 0 Å². The molecule has 2 amide bonds. The number of rotatable bonds is 5. The lowest BCUT2D eigenvalue weighted by Gasteiger charge is -2.24. The topological polar surface area (TPSA) is 92.8 Å². The smallest absolute Gasteiger partial charge is 0.243 e. The van der Waals surface area contributed by atoms with Crippen LogP contribution in [0.4, 0.5) is 11.4 Å². The van der Waals surface area contributed by atoms with Crippen molar-refractivity contribution in [3.8, 4) is 5.75 Å². The normalized spacial score (nSPS) is 18.4. The maximum atomic E-state index is 12.7. The molecule has 0 saturated carbocycles. The quantitative estimate of drug-likeness (QED) is 0.850. The molecule has 0 aliphatic carbocycles. The number of nitrogens with zero attached hydrogens (tertiary/aromatic N) is 1. The fourth-order valence-electron chi connectivity index (χ4n) is 3.00. The van der Waals surface area contributed by atoms with Crippen LogP contribution < -0.4 is 15.0 Å². The van der Waals surface area contributed by atoms with E-state index in [2.05, 4.69) is 5.32 Å². The first kappa shape index (κ1) is 18.9. The Balaban J connectivity index is 2.02. The second-order valence-corrected chi connectivity index (χ2v) is 8.21. The highest BCUT2D eigenvalue weighted by Crippen LogP contribution is 2.38. The van der Waals surface area contributed by atoms with Crippen LogP contribution in [-0.2, 0) is 19.4 Å². The number of carbonyl (C=O) groups is 2. The van der Waals surface area contributed by atoms with Gasteiger partial charge in [-0.2, -0.15) is 0 Å². The largest absolute Gasteiger partial charge is 0.497 e. The number of anilines is 2. The van der Waals surface area contributed by atoms with Crippen LogP contribution in [0, 0.1) is 0 Å². The van der Waals surface area contributed by atoms with Gasteiger partial charge < -0.3 is 10.1 Å². The molecule has 1 aliphatic heterocycles. The molecule has 1 fully saturated rings. The highest BCUT2D eigenvalue weighted by atomic mass is 32.2. The molecule has 142 valence electrons. The van der Waals surface area contributed by atoms with Crippen LogP contribution in [0.1, 0.15) is 24.3 Å². The highest BCUT2D eigenvalue weighted by molar-refractivity contribution is 7.93. The van der Waals surface area contributed by atoms with Gasteiger partial charge >= 0.3 is 0 Å². The lowest BCUT2D eigenvalue weighted by Crippen LogP contribution is -2.29. The molecule has 1 aliphatic rings. The summed E-state index contributed by atoms with van der Waals surface area (Å²) >= 11 is 0. The van der Waals surface area contributed by atoms with Gasteiger partial charge in [-0.25, -0.2) is 8.42 Å². The molecule has 0 aromatic heterocycles. The van der Waals surface area contributed by atoms with Gasteiger partial charge in [0.2, 0.25) is 11.8 Å². The number of amides is 2. The Bertz CT molecular complexity index is 970. The number of nitrogens with one attached hydrogen (secondary N) is 1. The number of ether oxygens (including phenoxy) is 1. The van der Waals surface area contributed by atoms with Crippen molar-refractivity contribution < 1.29 is 22.7 Å². The Morgan fingerprint density at radius 1 is 1.22 bits per heavy atom. The van der Waals surface area contributed by atoms with E-state index in [1.807, 2.05) is 0 Å². The van der Waals surface area contributed by atoms with Crippen molar-refractivity contribution in [2.75, 3.05) is 23.1 Å². The molecule has 1 saturated heterocycles. The maximum absolute atomic E-state index is 12.7. The molecule has 1 atom stereocenters. The minimum atomic E-state index is -3.70. The Labute approximate surface area is 157 Å². The number of carbonyl (C=O) groups excluding carboxylic acids is 2. The van der Waals surface area contributed by atoms with Crippen molar-refractivity contribution >= 4 is 33.0 Å².